The van der Waals surface area contributed by atoms with Crippen LogP contribution in [0.2, 0.25) is 0 Å². The number of hydrogen-bond donors (Lipinski definition) is 1. The summed E-state index contributed by atoms with van der Waals surface area (Å²) >= 11 is 0. The summed E-state index contributed by atoms with van der Waals surface area (Å²) in [5, 5.41) is 1.33. The van der Waals surface area contributed by atoms with Crippen molar-refractivity contribution in [1.29, 1.82) is 0 Å². The number of benzene rings is 1. The van der Waals surface area contributed by atoms with E-state index in [1.807, 2.05) is 0 Å². The van der Waals surface area contributed by atoms with Crippen LogP contribution < -0.4 is 4.90 Å². The van der Waals surface area contributed by atoms with Crippen LogP contribution in [-0.2, 0) is 6.54 Å². The first-order valence-electron chi connectivity index (χ1n) is 8.61. The van der Waals surface area contributed by atoms with Gasteiger partial charge in [-0.1, -0.05) is 18.2 Å². The van der Waals surface area contributed by atoms with Gasteiger partial charge in [-0.2, -0.15) is 0 Å². The van der Waals surface area contributed by atoms with Crippen LogP contribution in [0.1, 0.15) is 17.7 Å². The molecule has 2 aromatic heterocycles. The van der Waals surface area contributed by atoms with Gasteiger partial charge in [-0.25, -0.2) is 4.98 Å². The van der Waals surface area contributed by atoms with Crippen molar-refractivity contribution in [2.45, 2.75) is 19.9 Å². The Morgan fingerprint density at radius 3 is 2.83 bits per heavy atom. The normalized spacial score (nSPS) is 13.4. The molecule has 0 amide bonds. The molecule has 3 aromatic rings. The number of pyridine rings is 1. The van der Waals surface area contributed by atoms with E-state index in [-0.39, 0.29) is 0 Å². The highest BCUT2D eigenvalue weighted by molar-refractivity contribution is 5.94. The maximum atomic E-state index is 4.85. The lowest BCUT2D eigenvalue weighted by molar-refractivity contribution is 0.400. The van der Waals surface area contributed by atoms with Crippen molar-refractivity contribution in [3.63, 3.8) is 0 Å². The SMILES string of the molecule is Cc1ccc2c(n1)N(CCCN(C)C)Cc1c-2[nH]c2ccccc12. The third-order valence-corrected chi connectivity index (χ3v) is 4.78. The molecule has 124 valence electrons. The van der Waals surface area contributed by atoms with Crippen molar-refractivity contribution in [2.75, 3.05) is 32.1 Å². The van der Waals surface area contributed by atoms with Crippen molar-refractivity contribution in [3.05, 3.63) is 47.7 Å². The maximum Gasteiger partial charge on any atom is 0.138 e. The molecule has 3 heterocycles. The van der Waals surface area contributed by atoms with Crippen molar-refractivity contribution < 1.29 is 0 Å². The van der Waals surface area contributed by atoms with Crippen LogP contribution in [0.4, 0.5) is 5.82 Å². The second-order valence-corrected chi connectivity index (χ2v) is 6.93. The fourth-order valence-electron chi connectivity index (χ4n) is 3.60. The topological polar surface area (TPSA) is 35.2 Å². The predicted octanol–water partition coefficient (Wildman–Crippen LogP) is 3.81. The molecule has 4 nitrogen and oxygen atoms in total. The van der Waals surface area contributed by atoms with Crippen LogP contribution >= 0.6 is 0 Å². The molecule has 0 atom stereocenters. The van der Waals surface area contributed by atoms with Gasteiger partial charge in [-0.3, -0.25) is 0 Å². The van der Waals surface area contributed by atoms with Crippen LogP contribution in [0, 0.1) is 6.92 Å². The van der Waals surface area contributed by atoms with E-state index in [1.165, 1.54) is 27.7 Å². The zero-order valence-corrected chi connectivity index (χ0v) is 14.6. The number of aromatic amines is 1. The van der Waals surface area contributed by atoms with Crippen LogP contribution in [0.25, 0.3) is 22.2 Å². The number of aromatic nitrogens is 2. The Balaban J connectivity index is 1.78. The van der Waals surface area contributed by atoms with Gasteiger partial charge in [-0.15, -0.1) is 0 Å². The number of para-hydroxylation sites is 1. The quantitative estimate of drug-likeness (QED) is 0.794. The predicted molar refractivity (Wildman–Crippen MR) is 100 cm³/mol. The van der Waals surface area contributed by atoms with Gasteiger partial charge in [0.2, 0.25) is 0 Å². The highest BCUT2D eigenvalue weighted by Gasteiger charge is 2.26. The average Bonchev–Trinajstić information content (AvgIpc) is 2.93. The monoisotopic (exact) mass is 320 g/mol. The van der Waals surface area contributed by atoms with E-state index in [0.29, 0.717) is 0 Å². The molecule has 1 aliphatic heterocycles. The van der Waals surface area contributed by atoms with E-state index in [2.05, 4.69) is 72.2 Å². The Labute approximate surface area is 143 Å². The lowest BCUT2D eigenvalue weighted by Gasteiger charge is -2.31. The van der Waals surface area contributed by atoms with E-state index in [0.717, 1.165) is 37.6 Å². The first-order chi connectivity index (χ1) is 11.6. The summed E-state index contributed by atoms with van der Waals surface area (Å²) in [4.78, 5) is 13.1. The minimum Gasteiger partial charge on any atom is -0.354 e. The highest BCUT2D eigenvalue weighted by Crippen LogP contribution is 2.40. The van der Waals surface area contributed by atoms with Crippen LogP contribution in [0.3, 0.4) is 0 Å². The molecule has 0 bridgehead atoms. The maximum absolute atomic E-state index is 4.85. The smallest absolute Gasteiger partial charge is 0.138 e. The van der Waals surface area contributed by atoms with Gasteiger partial charge in [0.05, 0.1) is 5.69 Å². The van der Waals surface area contributed by atoms with Gasteiger partial charge < -0.3 is 14.8 Å². The van der Waals surface area contributed by atoms with Crippen molar-refractivity contribution in [3.8, 4) is 11.3 Å². The molecular formula is C20H24N4. The lowest BCUT2D eigenvalue weighted by Crippen LogP contribution is -2.30. The fraction of sp³-hybridized carbons (Fsp3) is 0.350. The Morgan fingerprint density at radius 1 is 1.17 bits per heavy atom. The molecule has 24 heavy (non-hydrogen) atoms. The molecule has 0 radical (unpaired) electrons. The number of H-pyrrole nitrogens is 1. The molecular weight excluding hydrogens is 296 g/mol. The molecule has 0 spiro atoms. The summed E-state index contributed by atoms with van der Waals surface area (Å²) in [5.41, 5.74) is 6.15. The summed E-state index contributed by atoms with van der Waals surface area (Å²) in [6, 6.07) is 12.9. The highest BCUT2D eigenvalue weighted by atomic mass is 15.2. The van der Waals surface area contributed by atoms with Crippen LogP contribution in [-0.4, -0.2) is 42.1 Å². The summed E-state index contributed by atoms with van der Waals surface area (Å²) in [7, 11) is 4.26. The molecule has 1 aromatic carbocycles. The number of nitrogens with zero attached hydrogens (tertiary/aromatic N) is 3. The minimum atomic E-state index is 0.927. The second kappa shape index (κ2) is 5.95. The third kappa shape index (κ3) is 2.57. The van der Waals surface area contributed by atoms with Gasteiger partial charge in [0.25, 0.3) is 0 Å². The number of anilines is 1. The van der Waals surface area contributed by atoms with Gasteiger partial charge in [0.15, 0.2) is 0 Å². The average molecular weight is 320 g/mol. The van der Waals surface area contributed by atoms with E-state index in [9.17, 15) is 0 Å². The Hall–Kier alpha value is -2.33. The molecule has 0 aliphatic carbocycles. The molecule has 0 unspecified atom stereocenters. The molecule has 4 heteroatoms. The first-order valence-corrected chi connectivity index (χ1v) is 8.61. The third-order valence-electron chi connectivity index (χ3n) is 4.78. The largest absolute Gasteiger partial charge is 0.354 e. The fourth-order valence-corrected chi connectivity index (χ4v) is 3.60. The number of fused-ring (bicyclic) bond motifs is 5. The van der Waals surface area contributed by atoms with Crippen molar-refractivity contribution in [2.24, 2.45) is 0 Å². The molecule has 0 fully saturated rings. The summed E-state index contributed by atoms with van der Waals surface area (Å²) in [6.45, 7) is 5.12. The lowest BCUT2D eigenvalue weighted by atomic mass is 10.0. The van der Waals surface area contributed by atoms with Crippen molar-refractivity contribution >= 4 is 16.7 Å². The number of hydrogen-bond acceptors (Lipinski definition) is 3. The van der Waals surface area contributed by atoms with Gasteiger partial charge in [0, 0.05) is 40.8 Å². The molecule has 0 saturated heterocycles. The van der Waals surface area contributed by atoms with Crippen LogP contribution in [0.15, 0.2) is 36.4 Å². The second-order valence-electron chi connectivity index (χ2n) is 6.93. The molecule has 1 aliphatic rings. The zero-order valence-electron chi connectivity index (χ0n) is 14.6. The Bertz CT molecular complexity index is 878. The summed E-state index contributed by atoms with van der Waals surface area (Å²) in [5.74, 6) is 1.12. The standard InChI is InChI=1S/C20H24N4/c1-14-9-10-16-19-17(15-7-4-5-8-18(15)22-19)13-24(20(16)21-14)12-6-11-23(2)3/h4-5,7-10,22H,6,11-13H2,1-3H3. The van der Waals surface area contributed by atoms with Gasteiger partial charge >= 0.3 is 0 Å². The first kappa shape index (κ1) is 15.2. The minimum absolute atomic E-state index is 0.927. The summed E-state index contributed by atoms with van der Waals surface area (Å²) in [6.07, 6.45) is 1.14. The molecule has 1 N–H and O–H groups in total. The van der Waals surface area contributed by atoms with E-state index < -0.39 is 0 Å². The Kier molecular flexibility index (Phi) is 3.77. The number of rotatable bonds is 4. The Morgan fingerprint density at radius 2 is 2.00 bits per heavy atom. The van der Waals surface area contributed by atoms with Crippen molar-refractivity contribution in [1.82, 2.24) is 14.9 Å². The number of nitrogens with one attached hydrogen (secondary N) is 1. The molecule has 0 saturated carbocycles. The van der Waals surface area contributed by atoms with E-state index >= 15 is 0 Å². The van der Waals surface area contributed by atoms with E-state index in [4.69, 9.17) is 4.98 Å². The zero-order chi connectivity index (χ0) is 16.7. The van der Waals surface area contributed by atoms with Gasteiger partial charge in [-0.05, 0) is 52.2 Å². The van der Waals surface area contributed by atoms with Gasteiger partial charge in [0.1, 0.15) is 5.82 Å². The summed E-state index contributed by atoms with van der Waals surface area (Å²) < 4.78 is 0. The number of aryl methyl sites for hydroxylation is 1. The van der Waals surface area contributed by atoms with E-state index in [1.54, 1.807) is 0 Å². The molecule has 4 rings (SSSR count). The van der Waals surface area contributed by atoms with Crippen LogP contribution in [0.5, 0.6) is 0 Å².